The monoisotopic (exact) mass is 336 g/mol. The van der Waals surface area contributed by atoms with E-state index >= 15 is 0 Å². The number of rotatable bonds is 5. The van der Waals surface area contributed by atoms with E-state index in [1.807, 2.05) is 0 Å². The Hall–Kier alpha value is -2.18. The Kier molecular flexibility index (Phi) is 4.63. The molecule has 0 aliphatic heterocycles. The first-order chi connectivity index (χ1) is 10.3. The molecule has 2 aromatic carbocycles. The molecule has 0 saturated carbocycles. The normalized spacial score (nSPS) is 12.6. The first-order valence-corrected chi connectivity index (χ1v) is 8.19. The van der Waals surface area contributed by atoms with Gasteiger partial charge >= 0.3 is 0 Å². The number of amidine groups is 1. The first kappa shape index (κ1) is 16.2. The lowest BCUT2D eigenvalue weighted by atomic mass is 10.1. The molecule has 0 aliphatic carbocycles. The number of hydrogen-bond donors (Lipinski definition) is 2. The fourth-order valence-corrected chi connectivity index (χ4v) is 3.63. The minimum atomic E-state index is -4.12. The van der Waals surface area contributed by atoms with Crippen molar-refractivity contribution in [3.05, 3.63) is 65.2 Å². The highest BCUT2D eigenvalue weighted by atomic mass is 35.5. The Labute approximate surface area is 133 Å². The number of Topliss-reactive ketones (excluding diaryl/α,β-unsaturated/α-hetero) is 1. The van der Waals surface area contributed by atoms with Crippen molar-refractivity contribution in [2.24, 2.45) is 5.73 Å². The quantitative estimate of drug-likeness (QED) is 0.497. The highest BCUT2D eigenvalue weighted by Crippen LogP contribution is 2.21. The van der Waals surface area contributed by atoms with Gasteiger partial charge in [-0.25, -0.2) is 8.42 Å². The summed E-state index contributed by atoms with van der Waals surface area (Å²) >= 11 is 5.73. The van der Waals surface area contributed by atoms with E-state index < -0.39 is 26.7 Å². The minimum absolute atomic E-state index is 0.110. The lowest BCUT2D eigenvalue weighted by molar-refractivity contribution is 0.100. The molecule has 3 N–H and O–H groups in total. The molecule has 0 fully saturated rings. The second kappa shape index (κ2) is 6.29. The molecular weight excluding hydrogens is 324 g/mol. The highest BCUT2D eigenvalue weighted by molar-refractivity contribution is 7.93. The SMILES string of the molecule is N=C(N)C(C(=O)c1ccccc1)S(=O)(=O)c1ccc(Cl)cc1. The summed E-state index contributed by atoms with van der Waals surface area (Å²) in [7, 11) is -4.12. The Morgan fingerprint density at radius 3 is 2.09 bits per heavy atom. The molecule has 0 aromatic heterocycles. The fraction of sp³-hybridized carbons (Fsp3) is 0.0667. The van der Waals surface area contributed by atoms with Gasteiger partial charge in [0.25, 0.3) is 0 Å². The number of halogens is 1. The van der Waals surface area contributed by atoms with E-state index in [0.29, 0.717) is 5.02 Å². The van der Waals surface area contributed by atoms with Crippen molar-refractivity contribution in [2.45, 2.75) is 10.1 Å². The molecule has 1 atom stereocenters. The smallest absolute Gasteiger partial charge is 0.195 e. The van der Waals surface area contributed by atoms with Crippen LogP contribution in [0, 0.1) is 5.41 Å². The van der Waals surface area contributed by atoms with Crippen LogP contribution in [0.25, 0.3) is 0 Å². The standard InChI is InChI=1S/C15H13ClN2O3S/c16-11-6-8-12(9-7-11)22(20,21)14(15(17)18)13(19)10-4-2-1-3-5-10/h1-9,14H,(H3,17,18). The zero-order valence-corrected chi connectivity index (χ0v) is 12.9. The van der Waals surface area contributed by atoms with Crippen LogP contribution in [-0.2, 0) is 9.84 Å². The molecule has 0 radical (unpaired) electrons. The third-order valence-corrected chi connectivity index (χ3v) is 5.30. The number of nitrogens with two attached hydrogens (primary N) is 1. The van der Waals surface area contributed by atoms with Gasteiger partial charge in [-0.2, -0.15) is 0 Å². The molecule has 0 heterocycles. The maximum atomic E-state index is 12.6. The number of ketones is 1. The summed E-state index contributed by atoms with van der Waals surface area (Å²) in [6, 6.07) is 13.3. The van der Waals surface area contributed by atoms with Crippen LogP contribution in [0.2, 0.25) is 5.02 Å². The van der Waals surface area contributed by atoms with E-state index in [0.717, 1.165) is 0 Å². The fourth-order valence-electron chi connectivity index (χ4n) is 1.96. The van der Waals surface area contributed by atoms with Gasteiger partial charge < -0.3 is 5.73 Å². The van der Waals surface area contributed by atoms with Gasteiger partial charge in [-0.1, -0.05) is 41.9 Å². The lowest BCUT2D eigenvalue weighted by Crippen LogP contribution is -2.42. The third kappa shape index (κ3) is 3.18. The van der Waals surface area contributed by atoms with Crippen molar-refractivity contribution < 1.29 is 13.2 Å². The summed E-state index contributed by atoms with van der Waals surface area (Å²) in [5, 5.41) is 6.14. The highest BCUT2D eigenvalue weighted by Gasteiger charge is 2.37. The third-order valence-electron chi connectivity index (χ3n) is 3.03. The van der Waals surface area contributed by atoms with E-state index in [-0.39, 0.29) is 10.5 Å². The van der Waals surface area contributed by atoms with Gasteiger partial charge in [-0.05, 0) is 24.3 Å². The van der Waals surface area contributed by atoms with E-state index in [9.17, 15) is 13.2 Å². The molecule has 0 saturated heterocycles. The number of nitrogens with one attached hydrogen (secondary N) is 1. The van der Waals surface area contributed by atoms with E-state index in [1.165, 1.54) is 36.4 Å². The number of benzene rings is 2. The van der Waals surface area contributed by atoms with Crippen molar-refractivity contribution in [1.82, 2.24) is 0 Å². The van der Waals surface area contributed by atoms with Crippen LogP contribution in [0.1, 0.15) is 10.4 Å². The first-order valence-electron chi connectivity index (χ1n) is 6.26. The molecule has 0 amide bonds. The molecule has 1 unspecified atom stereocenters. The lowest BCUT2D eigenvalue weighted by Gasteiger charge is -2.15. The molecule has 2 aromatic rings. The van der Waals surface area contributed by atoms with E-state index in [1.54, 1.807) is 18.2 Å². The van der Waals surface area contributed by atoms with Gasteiger partial charge in [-0.3, -0.25) is 10.2 Å². The second-order valence-corrected chi connectivity index (χ2v) is 7.03. The predicted molar refractivity (Wildman–Crippen MR) is 85.1 cm³/mol. The molecule has 114 valence electrons. The van der Waals surface area contributed by atoms with Gasteiger partial charge in [0.2, 0.25) is 0 Å². The van der Waals surface area contributed by atoms with Crippen LogP contribution in [0.4, 0.5) is 0 Å². The van der Waals surface area contributed by atoms with Crippen molar-refractivity contribution in [2.75, 3.05) is 0 Å². The van der Waals surface area contributed by atoms with Gasteiger partial charge in [0.15, 0.2) is 20.9 Å². The van der Waals surface area contributed by atoms with Gasteiger partial charge in [0.05, 0.1) is 4.90 Å². The van der Waals surface area contributed by atoms with Crippen molar-refractivity contribution in [1.29, 1.82) is 5.41 Å². The minimum Gasteiger partial charge on any atom is -0.386 e. The summed E-state index contributed by atoms with van der Waals surface area (Å²) in [6.45, 7) is 0. The summed E-state index contributed by atoms with van der Waals surface area (Å²) in [4.78, 5) is 12.3. The Morgan fingerprint density at radius 1 is 1.05 bits per heavy atom. The van der Waals surface area contributed by atoms with Crippen LogP contribution in [-0.4, -0.2) is 25.3 Å². The van der Waals surface area contributed by atoms with Crippen LogP contribution < -0.4 is 5.73 Å². The van der Waals surface area contributed by atoms with Crippen molar-refractivity contribution in [3.63, 3.8) is 0 Å². The Morgan fingerprint density at radius 2 is 1.59 bits per heavy atom. The van der Waals surface area contributed by atoms with Crippen LogP contribution in [0.15, 0.2) is 59.5 Å². The molecular formula is C15H13ClN2O3S. The van der Waals surface area contributed by atoms with E-state index in [4.69, 9.17) is 22.7 Å². The predicted octanol–water partition coefficient (Wildman–Crippen LogP) is 2.30. The maximum absolute atomic E-state index is 12.6. The number of hydrogen-bond acceptors (Lipinski definition) is 4. The molecule has 2 rings (SSSR count). The van der Waals surface area contributed by atoms with Crippen LogP contribution in [0.5, 0.6) is 0 Å². The molecule has 0 bridgehead atoms. The van der Waals surface area contributed by atoms with Gasteiger partial charge in [0.1, 0.15) is 5.84 Å². The van der Waals surface area contributed by atoms with Gasteiger partial charge in [0, 0.05) is 10.6 Å². The second-order valence-electron chi connectivity index (χ2n) is 4.56. The summed E-state index contributed by atoms with van der Waals surface area (Å²) in [6.07, 6.45) is 0. The average Bonchev–Trinajstić information content (AvgIpc) is 2.48. The Bertz CT molecular complexity index is 802. The molecule has 0 aliphatic rings. The van der Waals surface area contributed by atoms with Crippen LogP contribution >= 0.6 is 11.6 Å². The largest absolute Gasteiger partial charge is 0.386 e. The number of sulfone groups is 1. The van der Waals surface area contributed by atoms with Crippen molar-refractivity contribution >= 4 is 33.1 Å². The maximum Gasteiger partial charge on any atom is 0.195 e. The van der Waals surface area contributed by atoms with Gasteiger partial charge in [-0.15, -0.1) is 0 Å². The summed E-state index contributed by atoms with van der Waals surface area (Å²) < 4.78 is 25.2. The Balaban J connectivity index is 2.50. The van der Waals surface area contributed by atoms with E-state index in [2.05, 4.69) is 0 Å². The molecule has 5 nitrogen and oxygen atoms in total. The zero-order valence-electron chi connectivity index (χ0n) is 11.4. The molecule has 0 spiro atoms. The molecule has 22 heavy (non-hydrogen) atoms. The number of carbonyl (C=O) groups is 1. The summed E-state index contributed by atoms with van der Waals surface area (Å²) in [5.41, 5.74) is 5.57. The average molecular weight is 337 g/mol. The zero-order chi connectivity index (χ0) is 16.3. The van der Waals surface area contributed by atoms with Crippen molar-refractivity contribution in [3.8, 4) is 0 Å². The number of carbonyl (C=O) groups excluding carboxylic acids is 1. The topological polar surface area (TPSA) is 101 Å². The summed E-state index contributed by atoms with van der Waals surface area (Å²) in [5.74, 6) is -1.45. The molecule has 7 heteroatoms. The van der Waals surface area contributed by atoms with Crippen LogP contribution in [0.3, 0.4) is 0 Å².